The summed E-state index contributed by atoms with van der Waals surface area (Å²) in [4.78, 5) is 24.3. The van der Waals surface area contributed by atoms with E-state index in [-0.39, 0.29) is 18.3 Å². The number of nitrogens with zero attached hydrogens (tertiary/aromatic N) is 4. The molecular weight excluding hydrogens is 366 g/mol. The Bertz CT molecular complexity index is 1010. The molecule has 2 heterocycles. The Kier molecular flexibility index (Phi) is 4.59. The van der Waals surface area contributed by atoms with Crippen LogP contribution in [0.5, 0.6) is 5.75 Å². The van der Waals surface area contributed by atoms with Crippen molar-refractivity contribution < 1.29 is 14.3 Å². The summed E-state index contributed by atoms with van der Waals surface area (Å²) in [7, 11) is 0. The Morgan fingerprint density at radius 2 is 2.07 bits per heavy atom. The molecule has 1 aliphatic rings. The predicted octanol–water partition coefficient (Wildman–Crippen LogP) is 2.36. The van der Waals surface area contributed by atoms with Crippen molar-refractivity contribution in [2.24, 2.45) is 0 Å². The van der Waals surface area contributed by atoms with E-state index in [0.717, 1.165) is 5.69 Å². The Balaban J connectivity index is 1.54. The number of thioether (sulfide) groups is 1. The van der Waals surface area contributed by atoms with E-state index in [1.807, 2.05) is 30.3 Å². The largest absolute Gasteiger partial charge is 0.482 e. The smallest absolute Gasteiger partial charge is 0.262 e. The van der Waals surface area contributed by atoms with Gasteiger partial charge in [-0.3, -0.25) is 9.59 Å². The first-order chi connectivity index (χ1) is 13.1. The third-order valence-electron chi connectivity index (χ3n) is 3.99. The van der Waals surface area contributed by atoms with Crippen LogP contribution < -0.4 is 10.1 Å². The highest BCUT2D eigenvalue weighted by atomic mass is 32.2. The number of amides is 1. The van der Waals surface area contributed by atoms with Crippen LogP contribution in [0.4, 0.5) is 5.69 Å². The molecule has 1 aromatic heterocycles. The van der Waals surface area contributed by atoms with E-state index in [1.54, 1.807) is 29.8 Å². The average Bonchev–Trinajstić information content (AvgIpc) is 3.15. The van der Waals surface area contributed by atoms with Crippen LogP contribution in [0.2, 0.25) is 0 Å². The van der Waals surface area contributed by atoms with Crippen LogP contribution in [0.3, 0.4) is 0 Å². The quantitative estimate of drug-likeness (QED) is 0.535. The molecule has 2 aromatic carbocycles. The van der Waals surface area contributed by atoms with Gasteiger partial charge >= 0.3 is 0 Å². The number of ketones is 1. The molecule has 27 heavy (non-hydrogen) atoms. The van der Waals surface area contributed by atoms with Crippen molar-refractivity contribution in [3.05, 3.63) is 54.1 Å². The van der Waals surface area contributed by atoms with Crippen LogP contribution in [-0.2, 0) is 4.79 Å². The number of benzene rings is 2. The van der Waals surface area contributed by atoms with Gasteiger partial charge in [0, 0.05) is 5.56 Å². The zero-order valence-corrected chi connectivity index (χ0v) is 15.1. The van der Waals surface area contributed by atoms with Gasteiger partial charge in [-0.2, -0.15) is 4.68 Å². The van der Waals surface area contributed by atoms with Gasteiger partial charge in [0.25, 0.3) is 5.91 Å². The number of Topliss-reactive ketones (excluding diaryl/α,β-unsaturated/α-hetero) is 1. The number of fused-ring (bicyclic) bond motifs is 1. The summed E-state index contributed by atoms with van der Waals surface area (Å²) < 4.78 is 6.92. The number of carbonyl (C=O) groups is 2. The van der Waals surface area contributed by atoms with Gasteiger partial charge in [-0.25, -0.2) is 0 Å². The summed E-state index contributed by atoms with van der Waals surface area (Å²) >= 11 is 1.27. The van der Waals surface area contributed by atoms with Crippen LogP contribution in [0.1, 0.15) is 17.3 Å². The predicted molar refractivity (Wildman–Crippen MR) is 99.4 cm³/mol. The minimum atomic E-state index is -0.420. The fourth-order valence-corrected chi connectivity index (χ4v) is 3.55. The zero-order chi connectivity index (χ0) is 18.8. The Labute approximate surface area is 158 Å². The summed E-state index contributed by atoms with van der Waals surface area (Å²) in [5.74, 6) is 0.223. The molecule has 1 unspecified atom stereocenters. The maximum atomic E-state index is 12.8. The van der Waals surface area contributed by atoms with Crippen LogP contribution in [0.25, 0.3) is 5.69 Å². The molecule has 1 amide bonds. The molecule has 1 atom stereocenters. The number of hydrogen-bond acceptors (Lipinski definition) is 7. The van der Waals surface area contributed by atoms with E-state index in [2.05, 4.69) is 20.8 Å². The highest BCUT2D eigenvalue weighted by Gasteiger charge is 2.23. The van der Waals surface area contributed by atoms with Crippen LogP contribution >= 0.6 is 11.8 Å². The molecule has 1 aliphatic heterocycles. The SMILES string of the molecule is CC(Sc1nnnn1-c1ccccc1)C(=O)c1ccc2c(c1)NC(=O)CO2. The van der Waals surface area contributed by atoms with Crippen molar-refractivity contribution in [3.63, 3.8) is 0 Å². The summed E-state index contributed by atoms with van der Waals surface area (Å²) in [6.45, 7) is 1.78. The molecule has 0 radical (unpaired) electrons. The molecule has 8 nitrogen and oxygen atoms in total. The highest BCUT2D eigenvalue weighted by Crippen LogP contribution is 2.31. The lowest BCUT2D eigenvalue weighted by Crippen LogP contribution is -2.25. The van der Waals surface area contributed by atoms with Crippen LogP contribution in [0, 0.1) is 0 Å². The lowest BCUT2D eigenvalue weighted by molar-refractivity contribution is -0.118. The number of rotatable bonds is 5. The number of nitrogens with one attached hydrogen (secondary N) is 1. The maximum Gasteiger partial charge on any atom is 0.262 e. The van der Waals surface area contributed by atoms with Gasteiger partial charge in [0.2, 0.25) is 5.16 Å². The van der Waals surface area contributed by atoms with Gasteiger partial charge in [-0.1, -0.05) is 30.0 Å². The topological polar surface area (TPSA) is 99.0 Å². The van der Waals surface area contributed by atoms with Gasteiger partial charge in [-0.05, 0) is 47.7 Å². The number of hydrogen-bond donors (Lipinski definition) is 1. The lowest BCUT2D eigenvalue weighted by atomic mass is 10.1. The summed E-state index contributed by atoms with van der Waals surface area (Å²) in [6.07, 6.45) is 0. The van der Waals surface area contributed by atoms with Crippen molar-refractivity contribution in [2.75, 3.05) is 11.9 Å². The van der Waals surface area contributed by atoms with Crippen LogP contribution in [0.15, 0.2) is 53.7 Å². The second kappa shape index (κ2) is 7.20. The number of ether oxygens (including phenoxy) is 1. The molecule has 0 fully saturated rings. The zero-order valence-electron chi connectivity index (χ0n) is 14.3. The lowest BCUT2D eigenvalue weighted by Gasteiger charge is -2.19. The van der Waals surface area contributed by atoms with Crippen molar-refractivity contribution in [3.8, 4) is 11.4 Å². The molecule has 4 rings (SSSR count). The van der Waals surface area contributed by atoms with E-state index in [4.69, 9.17) is 4.74 Å². The monoisotopic (exact) mass is 381 g/mol. The molecule has 0 saturated heterocycles. The minimum Gasteiger partial charge on any atom is -0.482 e. The molecule has 136 valence electrons. The van der Waals surface area contributed by atoms with Crippen molar-refractivity contribution in [2.45, 2.75) is 17.3 Å². The van der Waals surface area contributed by atoms with Crippen LogP contribution in [-0.4, -0.2) is 43.8 Å². The summed E-state index contributed by atoms with van der Waals surface area (Å²) in [5, 5.41) is 14.6. The Hall–Kier alpha value is -3.20. The Morgan fingerprint density at radius 1 is 1.26 bits per heavy atom. The minimum absolute atomic E-state index is 0.0192. The Morgan fingerprint density at radius 3 is 2.89 bits per heavy atom. The van der Waals surface area contributed by atoms with E-state index in [9.17, 15) is 9.59 Å². The molecule has 0 aliphatic carbocycles. The van der Waals surface area contributed by atoms with Crippen molar-refractivity contribution >= 4 is 29.1 Å². The molecule has 0 bridgehead atoms. The average molecular weight is 381 g/mol. The molecule has 0 saturated carbocycles. The summed E-state index contributed by atoms with van der Waals surface area (Å²) in [5.41, 5.74) is 1.81. The van der Waals surface area contributed by atoms with E-state index in [1.165, 1.54) is 11.8 Å². The number of aromatic nitrogens is 4. The first kappa shape index (κ1) is 17.2. The molecule has 9 heteroatoms. The molecule has 0 spiro atoms. The third-order valence-corrected chi connectivity index (χ3v) is 5.02. The molecule has 3 aromatic rings. The second-order valence-corrected chi connectivity index (χ2v) is 7.19. The number of tetrazole rings is 1. The highest BCUT2D eigenvalue weighted by molar-refractivity contribution is 8.00. The van der Waals surface area contributed by atoms with E-state index >= 15 is 0 Å². The van der Waals surface area contributed by atoms with E-state index in [0.29, 0.717) is 22.2 Å². The van der Waals surface area contributed by atoms with Gasteiger partial charge in [0.1, 0.15) is 5.75 Å². The fraction of sp³-hybridized carbons (Fsp3) is 0.167. The second-order valence-electron chi connectivity index (χ2n) is 5.88. The number of carbonyl (C=O) groups excluding carboxylic acids is 2. The van der Waals surface area contributed by atoms with Crippen molar-refractivity contribution in [1.82, 2.24) is 20.2 Å². The normalized spacial score (nSPS) is 14.0. The first-order valence-electron chi connectivity index (χ1n) is 8.23. The fourth-order valence-electron chi connectivity index (χ4n) is 2.67. The standard InChI is InChI=1S/C18H15N5O3S/c1-11(27-18-20-21-22-23(18)13-5-3-2-4-6-13)17(25)12-7-8-15-14(9-12)19-16(24)10-26-15/h2-9,11H,10H2,1H3,(H,19,24). The maximum absolute atomic E-state index is 12.8. The van der Waals surface area contributed by atoms with Gasteiger partial charge in [0.05, 0.1) is 16.6 Å². The first-order valence-corrected chi connectivity index (χ1v) is 9.11. The van der Waals surface area contributed by atoms with Crippen molar-refractivity contribution in [1.29, 1.82) is 0 Å². The van der Waals surface area contributed by atoms with Gasteiger partial charge in [-0.15, -0.1) is 5.10 Å². The third kappa shape index (κ3) is 3.54. The summed E-state index contributed by atoms with van der Waals surface area (Å²) in [6, 6.07) is 14.5. The van der Waals surface area contributed by atoms with E-state index < -0.39 is 5.25 Å². The number of anilines is 1. The molecular formula is C18H15N5O3S. The van der Waals surface area contributed by atoms with Gasteiger partial charge in [0.15, 0.2) is 12.4 Å². The van der Waals surface area contributed by atoms with Gasteiger partial charge < -0.3 is 10.1 Å². The number of para-hydroxylation sites is 1. The molecule has 1 N–H and O–H groups in total.